The zero-order valence-corrected chi connectivity index (χ0v) is 15.2. The van der Waals surface area contributed by atoms with Gasteiger partial charge in [0.2, 0.25) is 10.0 Å². The molecule has 0 aliphatic rings. The third-order valence-corrected chi connectivity index (χ3v) is 6.83. The van der Waals surface area contributed by atoms with Crippen molar-refractivity contribution in [2.75, 3.05) is 13.1 Å². The Morgan fingerprint density at radius 1 is 1.24 bits per heavy atom. The Labute approximate surface area is 133 Å². The third kappa shape index (κ3) is 5.70. The molecule has 0 aliphatic heterocycles. The van der Waals surface area contributed by atoms with Crippen LogP contribution in [0.5, 0.6) is 0 Å². The average Bonchev–Trinajstić information content (AvgIpc) is 2.82. The summed E-state index contributed by atoms with van der Waals surface area (Å²) in [5.41, 5.74) is 1.05. The normalized spacial score (nSPS) is 12.2. The molecule has 0 aromatic carbocycles. The van der Waals surface area contributed by atoms with Crippen molar-refractivity contribution in [1.29, 1.82) is 0 Å². The summed E-state index contributed by atoms with van der Waals surface area (Å²) in [6, 6.07) is 1.78. The fourth-order valence-electron chi connectivity index (χ4n) is 2.05. The number of hydrogen-bond donors (Lipinski definition) is 2. The van der Waals surface area contributed by atoms with Crippen molar-refractivity contribution in [2.24, 2.45) is 5.92 Å². The van der Waals surface area contributed by atoms with Gasteiger partial charge in [0.25, 0.3) is 0 Å². The first kappa shape index (κ1) is 18.6. The fraction of sp³-hybridized carbons (Fsp3) is 0.733. The zero-order valence-electron chi connectivity index (χ0n) is 13.5. The van der Waals surface area contributed by atoms with Crippen molar-refractivity contribution >= 4 is 21.4 Å². The van der Waals surface area contributed by atoms with E-state index in [1.54, 1.807) is 6.07 Å². The summed E-state index contributed by atoms with van der Waals surface area (Å²) in [4.78, 5) is 1.10. The van der Waals surface area contributed by atoms with Gasteiger partial charge in [0.1, 0.15) is 4.21 Å². The topological polar surface area (TPSA) is 58.2 Å². The Morgan fingerprint density at radius 2 is 1.90 bits per heavy atom. The molecule has 21 heavy (non-hydrogen) atoms. The van der Waals surface area contributed by atoms with Crippen LogP contribution < -0.4 is 10.0 Å². The minimum Gasteiger partial charge on any atom is -0.312 e. The molecule has 0 unspecified atom stereocenters. The molecule has 0 amide bonds. The van der Waals surface area contributed by atoms with Gasteiger partial charge in [0, 0.05) is 18.0 Å². The Morgan fingerprint density at radius 3 is 2.48 bits per heavy atom. The van der Waals surface area contributed by atoms with Crippen LogP contribution in [0.3, 0.4) is 0 Å². The van der Waals surface area contributed by atoms with E-state index in [-0.39, 0.29) is 0 Å². The van der Waals surface area contributed by atoms with Crippen LogP contribution in [-0.4, -0.2) is 21.5 Å². The predicted molar refractivity (Wildman–Crippen MR) is 90.3 cm³/mol. The van der Waals surface area contributed by atoms with Crippen LogP contribution in [0.15, 0.2) is 10.3 Å². The van der Waals surface area contributed by atoms with Gasteiger partial charge in [-0.25, -0.2) is 13.1 Å². The molecule has 0 aliphatic carbocycles. The van der Waals surface area contributed by atoms with Gasteiger partial charge in [-0.2, -0.15) is 0 Å². The van der Waals surface area contributed by atoms with Gasteiger partial charge in [-0.3, -0.25) is 0 Å². The van der Waals surface area contributed by atoms with Crippen molar-refractivity contribution in [3.63, 3.8) is 0 Å². The minimum absolute atomic E-state index is 0.409. The highest BCUT2D eigenvalue weighted by Crippen LogP contribution is 2.26. The van der Waals surface area contributed by atoms with Gasteiger partial charge >= 0.3 is 0 Å². The summed E-state index contributed by atoms with van der Waals surface area (Å²) in [7, 11) is -3.37. The first-order valence-corrected chi connectivity index (χ1v) is 10.0. The molecule has 0 saturated heterocycles. The summed E-state index contributed by atoms with van der Waals surface area (Å²) < 4.78 is 27.9. The minimum atomic E-state index is -3.37. The second kappa shape index (κ2) is 8.88. The van der Waals surface area contributed by atoms with E-state index in [9.17, 15) is 8.42 Å². The van der Waals surface area contributed by atoms with Crippen LogP contribution >= 0.6 is 11.3 Å². The molecule has 2 N–H and O–H groups in total. The molecule has 0 saturated carbocycles. The monoisotopic (exact) mass is 332 g/mol. The van der Waals surface area contributed by atoms with Crippen LogP contribution in [-0.2, 0) is 16.6 Å². The SMILES string of the molecule is CCCNCc1sc(S(=O)(=O)NCC(CC)CC)cc1C. The van der Waals surface area contributed by atoms with Gasteiger partial charge in [-0.1, -0.05) is 33.6 Å². The lowest BCUT2D eigenvalue weighted by Crippen LogP contribution is -2.28. The molecule has 1 aromatic rings. The molecule has 0 atom stereocenters. The van der Waals surface area contributed by atoms with Crippen LogP contribution in [0.1, 0.15) is 50.5 Å². The Hall–Kier alpha value is -0.430. The van der Waals surface area contributed by atoms with Gasteiger partial charge in [0.15, 0.2) is 0 Å². The van der Waals surface area contributed by atoms with Crippen LogP contribution in [0.25, 0.3) is 0 Å². The van der Waals surface area contributed by atoms with Crippen molar-refractivity contribution in [3.8, 4) is 0 Å². The van der Waals surface area contributed by atoms with Crippen LogP contribution in [0.4, 0.5) is 0 Å². The lowest BCUT2D eigenvalue weighted by Gasteiger charge is -2.12. The second-order valence-electron chi connectivity index (χ2n) is 5.38. The summed E-state index contributed by atoms with van der Waals surface area (Å²) in [6.07, 6.45) is 3.07. The van der Waals surface area contributed by atoms with E-state index in [0.29, 0.717) is 16.7 Å². The molecule has 122 valence electrons. The molecule has 0 radical (unpaired) electrons. The van der Waals surface area contributed by atoms with E-state index in [1.165, 1.54) is 11.3 Å². The molecular weight excluding hydrogens is 304 g/mol. The highest BCUT2D eigenvalue weighted by atomic mass is 32.2. The van der Waals surface area contributed by atoms with E-state index >= 15 is 0 Å². The van der Waals surface area contributed by atoms with E-state index in [2.05, 4.69) is 30.8 Å². The molecular formula is C15H28N2O2S2. The summed E-state index contributed by atoms with van der Waals surface area (Å²) in [5, 5.41) is 3.32. The Bertz CT molecular complexity index is 520. The van der Waals surface area contributed by atoms with Gasteiger partial charge in [-0.15, -0.1) is 11.3 Å². The van der Waals surface area contributed by atoms with E-state index in [4.69, 9.17) is 0 Å². The first-order valence-electron chi connectivity index (χ1n) is 7.74. The maximum Gasteiger partial charge on any atom is 0.250 e. The quantitative estimate of drug-likeness (QED) is 0.647. The van der Waals surface area contributed by atoms with Crippen molar-refractivity contribution in [1.82, 2.24) is 10.0 Å². The van der Waals surface area contributed by atoms with Gasteiger partial charge in [-0.05, 0) is 37.4 Å². The molecule has 1 heterocycles. The number of nitrogens with one attached hydrogen (secondary N) is 2. The van der Waals surface area contributed by atoms with Gasteiger partial charge < -0.3 is 5.32 Å². The first-order chi connectivity index (χ1) is 9.94. The number of aryl methyl sites for hydroxylation is 1. The van der Waals surface area contributed by atoms with Crippen molar-refractivity contribution < 1.29 is 8.42 Å². The molecule has 1 aromatic heterocycles. The summed E-state index contributed by atoms with van der Waals surface area (Å²) >= 11 is 1.37. The fourth-order valence-corrected chi connectivity index (χ4v) is 4.77. The second-order valence-corrected chi connectivity index (χ2v) is 8.51. The van der Waals surface area contributed by atoms with E-state index in [0.717, 1.165) is 42.8 Å². The summed E-state index contributed by atoms with van der Waals surface area (Å²) in [5.74, 6) is 0.409. The lowest BCUT2D eigenvalue weighted by atomic mass is 10.0. The highest BCUT2D eigenvalue weighted by molar-refractivity contribution is 7.91. The molecule has 0 fully saturated rings. The molecule has 4 nitrogen and oxygen atoms in total. The largest absolute Gasteiger partial charge is 0.312 e. The number of hydrogen-bond acceptors (Lipinski definition) is 4. The smallest absolute Gasteiger partial charge is 0.250 e. The standard InChI is InChI=1S/C15H28N2O2S2/c1-5-8-16-11-14-12(4)9-15(20-14)21(18,19)17-10-13(6-2)7-3/h9,13,16-17H,5-8,10-11H2,1-4H3. The Balaban J connectivity index is 2.72. The van der Waals surface area contributed by atoms with Crippen molar-refractivity contribution in [3.05, 3.63) is 16.5 Å². The predicted octanol–water partition coefficient (Wildman–Crippen LogP) is 3.27. The van der Waals surface area contributed by atoms with E-state index in [1.807, 2.05) is 6.92 Å². The zero-order chi connectivity index (χ0) is 15.9. The molecule has 0 spiro atoms. The number of rotatable bonds is 10. The summed E-state index contributed by atoms with van der Waals surface area (Å²) in [6.45, 7) is 10.5. The Kier molecular flexibility index (Phi) is 7.87. The maximum atomic E-state index is 12.3. The number of thiophene rings is 1. The van der Waals surface area contributed by atoms with Crippen LogP contribution in [0.2, 0.25) is 0 Å². The lowest BCUT2D eigenvalue weighted by molar-refractivity contribution is 0.479. The average molecular weight is 333 g/mol. The number of sulfonamides is 1. The molecule has 1 rings (SSSR count). The van der Waals surface area contributed by atoms with Crippen LogP contribution in [0, 0.1) is 12.8 Å². The maximum absolute atomic E-state index is 12.3. The van der Waals surface area contributed by atoms with Crippen molar-refractivity contribution in [2.45, 2.75) is 57.7 Å². The highest BCUT2D eigenvalue weighted by Gasteiger charge is 2.19. The molecule has 0 bridgehead atoms. The third-order valence-electron chi connectivity index (χ3n) is 3.69. The van der Waals surface area contributed by atoms with E-state index < -0.39 is 10.0 Å². The molecule has 6 heteroatoms. The van der Waals surface area contributed by atoms with Gasteiger partial charge in [0.05, 0.1) is 0 Å².